The van der Waals surface area contributed by atoms with Crippen molar-refractivity contribution in [1.82, 2.24) is 21.3 Å². The van der Waals surface area contributed by atoms with Crippen LogP contribution in [0.4, 0.5) is 0 Å². The molecule has 42 heteroatoms. The maximum atomic E-state index is 11.9. The summed E-state index contributed by atoms with van der Waals surface area (Å²) >= 11 is 11.2. The van der Waals surface area contributed by atoms with Gasteiger partial charge in [-0.3, -0.25) is 0 Å². The average Bonchev–Trinajstić information content (AvgIpc) is 1.80. The Morgan fingerprint density at radius 2 is 0.570 bits per heavy atom. The molecule has 8 aliphatic rings. The zero-order valence-electron chi connectivity index (χ0n) is 50.7. The molecule has 6 heterocycles. The Morgan fingerprint density at radius 3 is 0.849 bits per heavy atom. The second-order valence-electron chi connectivity index (χ2n) is 24.8. The third kappa shape index (κ3) is 17.4. The highest BCUT2D eigenvalue weighted by Gasteiger charge is 2.57. The number of nitrogens with one attached hydrogen (secondary N) is 4. The van der Waals surface area contributed by atoms with Gasteiger partial charge in [-0.25, -0.2) is 0 Å². The Labute approximate surface area is 545 Å². The molecule has 2 saturated carbocycles. The summed E-state index contributed by atoms with van der Waals surface area (Å²) < 4.78 is 73.0. The van der Waals surface area contributed by atoms with E-state index in [0.717, 1.165) is 0 Å². The lowest BCUT2D eigenvalue weighted by Crippen LogP contribution is -2.68. The lowest BCUT2D eigenvalue weighted by atomic mass is 9.84. The molecule has 0 aromatic rings. The van der Waals surface area contributed by atoms with Gasteiger partial charge in [0.05, 0.1) is 36.4 Å². The van der Waals surface area contributed by atoms with Crippen molar-refractivity contribution in [3.05, 3.63) is 0 Å². The number of rotatable bonds is 24. The van der Waals surface area contributed by atoms with E-state index in [2.05, 4.69) is 21.3 Å². The smallest absolute Gasteiger partial charge is 0.187 e. The zero-order valence-corrected chi connectivity index (χ0v) is 52.4. The van der Waals surface area contributed by atoms with Crippen molar-refractivity contribution in [2.45, 2.75) is 252 Å². The highest BCUT2D eigenvalue weighted by molar-refractivity contribution is 7.80. The summed E-state index contributed by atoms with van der Waals surface area (Å²) in [7, 11) is 0. The van der Waals surface area contributed by atoms with Crippen LogP contribution in [0.25, 0.3) is 0 Å². The molecule has 0 aromatic heterocycles. The molecule has 93 heavy (non-hydrogen) atoms. The standard InChI is InChI=1S/C51H100N16O24S2/c52-6-16-28(70)32(74)22(60)44(80-16)86-38-14(58)4-12(56)26(68)42(38)90-48-36(78)40(88-46-24(62)34(76)30(72)18(8-54)82-46)20(84-48)10-66-50(92)64-2-1-3-65-51(93)67-11-21-41(89-47-25(63)35(77)31(73)19(9-55)83-47)37(79)49(85-21)91-43-27(69)13(57)5-15(59)39(43)87-45-23(61)33(75)29(71)17(7-53)81-45/h12-49,68-79H,1-11,52-63H2,(H2,64,66,92)(H2,65,67,93)/t12-,13?,14?,15?,16?,17?,18+,19-,20-,21-,22?,23?,24?,25?,26?,27+,28?,29?,30?,31?,32-,33-,34?,35?,36?,37?,38?,39?,40+,41?,42-,43?,44-,45+,46-,47+,48+,49+/m1/s1. The summed E-state index contributed by atoms with van der Waals surface area (Å²) in [5.41, 5.74) is 73.7. The summed E-state index contributed by atoms with van der Waals surface area (Å²) in [6.45, 7) is -0.837. The quantitative estimate of drug-likeness (QED) is 0.0315. The SMILES string of the molecule is NCC1O[C@H](OC2C(N)C[C@@H](N)C(O)[C@H]2O[C@@H]2O[C@H](CNC(=S)NCCCNC(=S)NC[C@H]3O[C@@H](OC4C(O[C@@H]5OC(CN)C(O)[C@H](O)C5N)C(N)CC(N)[C@@H]4O)C(O)C3O[C@@H]3O[C@H](CN)C(O)C(O)C3N)[C@H](O[C@H]3O[C@@H](CN)C(O)C(O)C3N)C2O)C(N)[C@@H](O)C1O. The second kappa shape index (κ2) is 33.9. The first-order valence-corrected chi connectivity index (χ1v) is 31.8. The molecule has 38 atom stereocenters. The lowest BCUT2D eigenvalue weighted by molar-refractivity contribution is -0.306. The highest BCUT2D eigenvalue weighted by Crippen LogP contribution is 2.37. The molecule has 22 unspecified atom stereocenters. The second-order valence-corrected chi connectivity index (χ2v) is 25.6. The Morgan fingerprint density at radius 1 is 0.312 bits per heavy atom. The lowest BCUT2D eigenvalue weighted by Gasteiger charge is -2.47. The summed E-state index contributed by atoms with van der Waals surface area (Å²) in [5.74, 6) is 0. The molecule has 6 aliphatic heterocycles. The monoisotopic (exact) mass is 1380 g/mol. The van der Waals surface area contributed by atoms with Gasteiger partial charge in [-0.1, -0.05) is 0 Å². The number of hydrogen-bond acceptors (Lipinski definition) is 38. The third-order valence-electron chi connectivity index (χ3n) is 18.2. The van der Waals surface area contributed by atoms with Crippen LogP contribution in [-0.2, 0) is 56.8 Å². The van der Waals surface area contributed by atoms with Gasteiger partial charge in [0, 0.05) is 76.5 Å². The van der Waals surface area contributed by atoms with E-state index >= 15 is 0 Å². The van der Waals surface area contributed by atoms with Gasteiger partial charge in [0.15, 0.2) is 48.0 Å². The topological polar surface area (TPSA) is 714 Å². The maximum absolute atomic E-state index is 11.9. The summed E-state index contributed by atoms with van der Waals surface area (Å²) in [5, 5.41) is 144. The molecule has 0 spiro atoms. The largest absolute Gasteiger partial charge is 0.389 e. The Hall–Kier alpha value is -2.06. The number of thiocarbonyl (C=S) groups is 2. The van der Waals surface area contributed by atoms with Crippen LogP contribution in [0.1, 0.15) is 19.3 Å². The molecule has 8 rings (SSSR count). The molecule has 0 aromatic carbocycles. The van der Waals surface area contributed by atoms with Crippen molar-refractivity contribution in [3.63, 3.8) is 0 Å². The predicted octanol–water partition coefficient (Wildman–Crippen LogP) is -17.4. The van der Waals surface area contributed by atoms with Gasteiger partial charge in [-0.15, -0.1) is 0 Å². The van der Waals surface area contributed by atoms with Crippen LogP contribution < -0.4 is 90.1 Å². The molecule has 6 saturated heterocycles. The minimum atomic E-state index is -1.71. The molecule has 0 radical (unpaired) electrons. The van der Waals surface area contributed by atoms with Crippen LogP contribution in [0.5, 0.6) is 0 Å². The van der Waals surface area contributed by atoms with E-state index in [0.29, 0.717) is 6.42 Å². The minimum Gasteiger partial charge on any atom is -0.389 e. The predicted molar refractivity (Wildman–Crippen MR) is 324 cm³/mol. The number of aliphatic hydroxyl groups excluding tert-OH is 12. The van der Waals surface area contributed by atoms with Gasteiger partial charge in [-0.2, -0.15) is 0 Å². The fourth-order valence-corrected chi connectivity index (χ4v) is 12.9. The summed E-state index contributed by atoms with van der Waals surface area (Å²) in [6, 6.07) is -9.18. The number of nitrogens with two attached hydrogens (primary N) is 12. The van der Waals surface area contributed by atoms with Crippen LogP contribution in [0, 0.1) is 0 Å². The van der Waals surface area contributed by atoms with Crippen LogP contribution >= 0.6 is 24.4 Å². The molecule has 540 valence electrons. The van der Waals surface area contributed by atoms with Gasteiger partial charge in [0.1, 0.15) is 134 Å². The first-order valence-electron chi connectivity index (χ1n) is 31.0. The van der Waals surface area contributed by atoms with E-state index < -0.39 is 233 Å². The van der Waals surface area contributed by atoms with Crippen LogP contribution in [0.3, 0.4) is 0 Å². The zero-order chi connectivity index (χ0) is 68.2. The van der Waals surface area contributed by atoms with E-state index in [4.69, 9.17) is 150 Å². The number of aliphatic hydroxyl groups is 12. The van der Waals surface area contributed by atoms with E-state index in [1.807, 2.05) is 0 Å². The van der Waals surface area contributed by atoms with Crippen LogP contribution in [0.15, 0.2) is 0 Å². The van der Waals surface area contributed by atoms with E-state index in [1.54, 1.807) is 0 Å². The van der Waals surface area contributed by atoms with Crippen LogP contribution in [0.2, 0.25) is 0 Å². The average molecular weight is 1390 g/mol. The number of hydrogen-bond donors (Lipinski definition) is 28. The summed E-state index contributed by atoms with van der Waals surface area (Å²) in [6.07, 6.45) is -42.1. The highest BCUT2D eigenvalue weighted by atomic mass is 32.1. The molecule has 0 amide bonds. The van der Waals surface area contributed by atoms with Crippen molar-refractivity contribution in [3.8, 4) is 0 Å². The molecular formula is C51H100N16O24S2. The van der Waals surface area contributed by atoms with Crippen LogP contribution in [-0.4, -0.2) is 356 Å². The van der Waals surface area contributed by atoms with Crippen molar-refractivity contribution < 1.29 is 118 Å². The van der Waals surface area contributed by atoms with E-state index in [-0.39, 0.29) is 75.4 Å². The fourth-order valence-electron chi connectivity index (χ4n) is 12.5. The van der Waals surface area contributed by atoms with Gasteiger partial charge in [-0.05, 0) is 43.7 Å². The molecule has 0 bridgehead atoms. The Kier molecular flexibility index (Phi) is 27.9. The van der Waals surface area contributed by atoms with Gasteiger partial charge in [0.2, 0.25) is 0 Å². The van der Waals surface area contributed by atoms with Gasteiger partial charge in [0.25, 0.3) is 0 Å². The number of ether oxygens (including phenoxy) is 12. The van der Waals surface area contributed by atoms with Crippen molar-refractivity contribution in [1.29, 1.82) is 0 Å². The summed E-state index contributed by atoms with van der Waals surface area (Å²) in [4.78, 5) is 0. The first kappa shape index (κ1) is 76.7. The van der Waals surface area contributed by atoms with Crippen molar-refractivity contribution in [2.75, 3.05) is 52.4 Å². The van der Waals surface area contributed by atoms with Crippen molar-refractivity contribution in [2.24, 2.45) is 68.8 Å². The fraction of sp³-hybridized carbons (Fsp3) is 0.961. The van der Waals surface area contributed by atoms with E-state index in [9.17, 15) is 61.3 Å². The van der Waals surface area contributed by atoms with Gasteiger partial charge >= 0.3 is 0 Å². The van der Waals surface area contributed by atoms with Crippen molar-refractivity contribution >= 4 is 34.7 Å². The van der Waals surface area contributed by atoms with E-state index in [1.165, 1.54) is 0 Å². The van der Waals surface area contributed by atoms with Gasteiger partial charge < -0.3 is 208 Å². The maximum Gasteiger partial charge on any atom is 0.187 e. The third-order valence-corrected chi connectivity index (χ3v) is 18.8. The molecular weight excluding hydrogens is 1280 g/mol. The molecule has 40 nitrogen and oxygen atoms in total. The Balaban J connectivity index is 0.876. The Bertz CT molecular complexity index is 2200. The molecule has 2 aliphatic carbocycles. The molecule has 8 fully saturated rings. The molecule has 40 N–H and O–H groups in total. The minimum absolute atomic E-state index is 0.0125. The first-order chi connectivity index (χ1) is 44.0. The normalized spacial score (nSPS) is 49.7.